The molecular formula is C15H23N3O3. The number of nitrogen functional groups attached to an aromatic ring is 1. The zero-order valence-electron chi connectivity index (χ0n) is 12.7. The van der Waals surface area contributed by atoms with Crippen LogP contribution in [-0.2, 0) is 0 Å². The van der Waals surface area contributed by atoms with Gasteiger partial charge in [0.25, 0.3) is 5.91 Å². The number of benzene rings is 1. The second kappa shape index (κ2) is 8.24. The van der Waals surface area contributed by atoms with Crippen LogP contribution in [0.3, 0.4) is 0 Å². The quantitative estimate of drug-likeness (QED) is 0.452. The van der Waals surface area contributed by atoms with Crippen molar-refractivity contribution in [1.82, 2.24) is 4.90 Å². The molecule has 21 heavy (non-hydrogen) atoms. The summed E-state index contributed by atoms with van der Waals surface area (Å²) in [6.45, 7) is 5.32. The van der Waals surface area contributed by atoms with Crippen molar-refractivity contribution in [3.63, 3.8) is 0 Å². The number of nitrogens with two attached hydrogens (primary N) is 1. The molecule has 0 fully saturated rings. The third-order valence-electron chi connectivity index (χ3n) is 3.33. The van der Waals surface area contributed by atoms with Crippen LogP contribution in [0, 0.1) is 10.1 Å². The lowest BCUT2D eigenvalue weighted by Crippen LogP contribution is -2.33. The van der Waals surface area contributed by atoms with Crippen molar-refractivity contribution in [2.45, 2.75) is 39.5 Å². The standard InChI is InChI=1S/C15H23N3O3/c1-3-5-10-17(11-6-4-2)15(19)12-8-7-9-13(16)14(12)18(20)21/h7-9H,3-6,10-11,16H2,1-2H3. The first-order chi connectivity index (χ1) is 10.0. The van der Waals surface area contributed by atoms with Crippen LogP contribution in [-0.4, -0.2) is 28.8 Å². The molecule has 1 aromatic rings. The molecule has 6 nitrogen and oxygen atoms in total. The summed E-state index contributed by atoms with van der Waals surface area (Å²) >= 11 is 0. The van der Waals surface area contributed by atoms with E-state index in [9.17, 15) is 14.9 Å². The van der Waals surface area contributed by atoms with Gasteiger partial charge in [0, 0.05) is 13.1 Å². The minimum absolute atomic E-state index is 0.0248. The molecule has 0 aliphatic heterocycles. The van der Waals surface area contributed by atoms with Crippen LogP contribution in [0.15, 0.2) is 18.2 Å². The van der Waals surface area contributed by atoms with E-state index in [-0.39, 0.29) is 22.8 Å². The lowest BCUT2D eigenvalue weighted by atomic mass is 10.1. The lowest BCUT2D eigenvalue weighted by molar-refractivity contribution is -0.384. The van der Waals surface area contributed by atoms with Crippen molar-refractivity contribution in [3.8, 4) is 0 Å². The third kappa shape index (κ3) is 4.44. The van der Waals surface area contributed by atoms with Gasteiger partial charge >= 0.3 is 5.69 Å². The minimum Gasteiger partial charge on any atom is -0.393 e. The molecular weight excluding hydrogens is 270 g/mol. The van der Waals surface area contributed by atoms with Crippen molar-refractivity contribution in [3.05, 3.63) is 33.9 Å². The van der Waals surface area contributed by atoms with E-state index in [0.29, 0.717) is 13.1 Å². The minimum atomic E-state index is -0.583. The fourth-order valence-electron chi connectivity index (χ4n) is 2.12. The van der Waals surface area contributed by atoms with Gasteiger partial charge in [-0.05, 0) is 25.0 Å². The second-order valence-electron chi connectivity index (χ2n) is 5.00. The maximum atomic E-state index is 12.6. The Morgan fingerprint density at radius 2 is 1.81 bits per heavy atom. The van der Waals surface area contributed by atoms with E-state index >= 15 is 0 Å². The summed E-state index contributed by atoms with van der Waals surface area (Å²) in [4.78, 5) is 24.9. The Balaban J connectivity index is 3.07. The number of hydrogen-bond donors (Lipinski definition) is 1. The molecule has 6 heteroatoms. The number of hydrogen-bond acceptors (Lipinski definition) is 4. The molecule has 0 aliphatic carbocycles. The fraction of sp³-hybridized carbons (Fsp3) is 0.533. The van der Waals surface area contributed by atoms with Crippen molar-refractivity contribution in [2.24, 2.45) is 0 Å². The van der Waals surface area contributed by atoms with Gasteiger partial charge in [-0.15, -0.1) is 0 Å². The van der Waals surface area contributed by atoms with E-state index in [1.807, 2.05) is 13.8 Å². The second-order valence-corrected chi connectivity index (χ2v) is 5.00. The summed E-state index contributed by atoms with van der Waals surface area (Å²) in [5.41, 5.74) is 5.46. The number of carbonyl (C=O) groups is 1. The zero-order valence-corrected chi connectivity index (χ0v) is 12.7. The van der Waals surface area contributed by atoms with Crippen molar-refractivity contribution < 1.29 is 9.72 Å². The first kappa shape index (κ1) is 16.9. The van der Waals surface area contributed by atoms with Gasteiger partial charge in [0.1, 0.15) is 11.3 Å². The number of rotatable bonds is 8. The van der Waals surface area contributed by atoms with E-state index in [4.69, 9.17) is 5.73 Å². The molecule has 1 aromatic carbocycles. The predicted octanol–water partition coefficient (Wildman–Crippen LogP) is 3.22. The molecule has 116 valence electrons. The number of nitro benzene ring substituents is 1. The molecule has 1 amide bonds. The van der Waals surface area contributed by atoms with Crippen molar-refractivity contribution >= 4 is 17.3 Å². The van der Waals surface area contributed by atoms with Crippen LogP contribution in [0.4, 0.5) is 11.4 Å². The SMILES string of the molecule is CCCCN(CCCC)C(=O)c1cccc(N)c1[N+](=O)[O-]. The van der Waals surface area contributed by atoms with E-state index in [2.05, 4.69) is 0 Å². The smallest absolute Gasteiger partial charge is 0.304 e. The first-order valence-corrected chi connectivity index (χ1v) is 7.35. The van der Waals surface area contributed by atoms with E-state index < -0.39 is 4.92 Å². The number of amides is 1. The Morgan fingerprint density at radius 1 is 1.24 bits per heavy atom. The van der Waals surface area contributed by atoms with E-state index in [1.54, 1.807) is 11.0 Å². The van der Waals surface area contributed by atoms with Gasteiger partial charge in [0.05, 0.1) is 4.92 Å². The summed E-state index contributed by atoms with van der Waals surface area (Å²) in [6.07, 6.45) is 3.70. The largest absolute Gasteiger partial charge is 0.393 e. The fourth-order valence-corrected chi connectivity index (χ4v) is 2.12. The number of anilines is 1. The molecule has 0 unspecified atom stereocenters. The molecule has 1 rings (SSSR count). The highest BCUT2D eigenvalue weighted by molar-refractivity contribution is 6.00. The van der Waals surface area contributed by atoms with Crippen LogP contribution >= 0.6 is 0 Å². The highest BCUT2D eigenvalue weighted by Gasteiger charge is 2.26. The number of unbranched alkanes of at least 4 members (excludes halogenated alkanes) is 2. The molecule has 0 atom stereocenters. The molecule has 0 radical (unpaired) electrons. The van der Waals surface area contributed by atoms with Crippen molar-refractivity contribution in [1.29, 1.82) is 0 Å². The Hall–Kier alpha value is -2.11. The van der Waals surface area contributed by atoms with Gasteiger partial charge in [0.2, 0.25) is 0 Å². The maximum absolute atomic E-state index is 12.6. The molecule has 0 spiro atoms. The first-order valence-electron chi connectivity index (χ1n) is 7.35. The normalized spacial score (nSPS) is 10.4. The Bertz CT molecular complexity index is 495. The van der Waals surface area contributed by atoms with Crippen LogP contribution < -0.4 is 5.73 Å². The Labute approximate surface area is 125 Å². The van der Waals surface area contributed by atoms with Gasteiger partial charge in [-0.25, -0.2) is 0 Å². The predicted molar refractivity (Wildman–Crippen MR) is 83.2 cm³/mol. The topological polar surface area (TPSA) is 89.5 Å². The molecule has 0 saturated carbocycles. The van der Waals surface area contributed by atoms with Gasteiger partial charge in [0.15, 0.2) is 0 Å². The molecule has 0 saturated heterocycles. The summed E-state index contributed by atoms with van der Waals surface area (Å²) in [5, 5.41) is 11.2. The zero-order chi connectivity index (χ0) is 15.8. The Kier molecular flexibility index (Phi) is 6.65. The summed E-state index contributed by atoms with van der Waals surface area (Å²) in [5.74, 6) is -0.309. The highest BCUT2D eigenvalue weighted by atomic mass is 16.6. The number of carbonyl (C=O) groups excluding carboxylic acids is 1. The Morgan fingerprint density at radius 3 is 2.29 bits per heavy atom. The lowest BCUT2D eigenvalue weighted by Gasteiger charge is -2.22. The summed E-state index contributed by atoms with van der Waals surface area (Å²) in [6, 6.07) is 4.49. The number of para-hydroxylation sites is 1. The van der Waals surface area contributed by atoms with Gasteiger partial charge < -0.3 is 10.6 Å². The number of nitrogens with zero attached hydrogens (tertiary/aromatic N) is 2. The van der Waals surface area contributed by atoms with E-state index in [0.717, 1.165) is 25.7 Å². The monoisotopic (exact) mass is 293 g/mol. The molecule has 0 bridgehead atoms. The summed E-state index contributed by atoms with van der Waals surface area (Å²) in [7, 11) is 0. The highest BCUT2D eigenvalue weighted by Crippen LogP contribution is 2.27. The maximum Gasteiger partial charge on any atom is 0.304 e. The molecule has 0 aliphatic rings. The van der Waals surface area contributed by atoms with Crippen LogP contribution in [0.25, 0.3) is 0 Å². The molecule has 0 aromatic heterocycles. The third-order valence-corrected chi connectivity index (χ3v) is 3.33. The number of nitro groups is 1. The average Bonchev–Trinajstić information content (AvgIpc) is 2.46. The molecule has 0 heterocycles. The van der Waals surface area contributed by atoms with Gasteiger partial charge in [-0.1, -0.05) is 32.8 Å². The van der Waals surface area contributed by atoms with Crippen LogP contribution in [0.5, 0.6) is 0 Å². The average molecular weight is 293 g/mol. The van der Waals surface area contributed by atoms with Crippen molar-refractivity contribution in [2.75, 3.05) is 18.8 Å². The van der Waals surface area contributed by atoms with Crippen LogP contribution in [0.1, 0.15) is 49.9 Å². The summed E-state index contributed by atoms with van der Waals surface area (Å²) < 4.78 is 0. The molecule has 2 N–H and O–H groups in total. The van der Waals surface area contributed by atoms with Gasteiger partial charge in [-0.3, -0.25) is 14.9 Å². The van der Waals surface area contributed by atoms with Crippen LogP contribution in [0.2, 0.25) is 0 Å². The van der Waals surface area contributed by atoms with Gasteiger partial charge in [-0.2, -0.15) is 0 Å². The van der Waals surface area contributed by atoms with E-state index in [1.165, 1.54) is 12.1 Å².